The monoisotopic (exact) mass is 252 g/mol. The lowest BCUT2D eigenvalue weighted by atomic mass is 9.94. The fraction of sp³-hybridized carbons (Fsp3) is 0.571. The molecule has 2 fully saturated rings. The molecule has 2 nitrogen and oxygen atoms in total. The van der Waals surface area contributed by atoms with Crippen LogP contribution in [-0.2, 0) is 0 Å². The molecule has 3 rings (SSSR count). The van der Waals surface area contributed by atoms with Gasteiger partial charge < -0.3 is 10.2 Å². The van der Waals surface area contributed by atoms with Crippen LogP contribution in [0.1, 0.15) is 25.7 Å². The molecular formula is C14H18F2N2. The Kier molecular flexibility index (Phi) is 2.98. The molecular weight excluding hydrogens is 234 g/mol. The average Bonchev–Trinajstić information content (AvgIpc) is 2.77. The largest absolute Gasteiger partial charge is 0.364 e. The molecule has 0 radical (unpaired) electrons. The molecule has 18 heavy (non-hydrogen) atoms. The van der Waals surface area contributed by atoms with Gasteiger partial charge in [-0.15, -0.1) is 0 Å². The molecule has 4 heteroatoms. The lowest BCUT2D eigenvalue weighted by molar-refractivity contribution is 0.301. The third-order valence-electron chi connectivity index (χ3n) is 4.19. The van der Waals surface area contributed by atoms with Crippen molar-refractivity contribution in [3.63, 3.8) is 0 Å². The third kappa shape index (κ3) is 1.99. The van der Waals surface area contributed by atoms with Gasteiger partial charge in [0.25, 0.3) is 0 Å². The SMILES string of the molecule is Fc1cccc(F)c1N1CCNC2(CCCC2)C1. The van der Waals surface area contributed by atoms with Gasteiger partial charge in [0.05, 0.1) is 0 Å². The maximum absolute atomic E-state index is 13.8. The van der Waals surface area contributed by atoms with Crippen molar-refractivity contribution in [3.05, 3.63) is 29.8 Å². The molecule has 1 saturated heterocycles. The first-order chi connectivity index (χ1) is 8.70. The Morgan fingerprint density at radius 3 is 2.44 bits per heavy atom. The molecule has 1 spiro atoms. The highest BCUT2D eigenvalue weighted by Crippen LogP contribution is 2.34. The molecule has 2 aliphatic rings. The molecule has 1 N–H and O–H groups in total. The number of anilines is 1. The van der Waals surface area contributed by atoms with Gasteiger partial charge in [0.1, 0.15) is 17.3 Å². The number of rotatable bonds is 1. The van der Waals surface area contributed by atoms with E-state index in [-0.39, 0.29) is 11.2 Å². The minimum Gasteiger partial charge on any atom is -0.364 e. The summed E-state index contributed by atoms with van der Waals surface area (Å²) < 4.78 is 27.6. The summed E-state index contributed by atoms with van der Waals surface area (Å²) in [6.45, 7) is 2.18. The van der Waals surface area contributed by atoms with Crippen LogP contribution in [0, 0.1) is 11.6 Å². The molecule has 0 unspecified atom stereocenters. The number of halogens is 2. The highest BCUT2D eigenvalue weighted by Gasteiger charge is 2.38. The Bertz CT molecular complexity index is 421. The highest BCUT2D eigenvalue weighted by molar-refractivity contribution is 5.50. The Hall–Kier alpha value is -1.16. The summed E-state index contributed by atoms with van der Waals surface area (Å²) in [4.78, 5) is 1.87. The van der Waals surface area contributed by atoms with Crippen LogP contribution in [0.3, 0.4) is 0 Å². The summed E-state index contributed by atoms with van der Waals surface area (Å²) in [5.41, 5.74) is 0.220. The van der Waals surface area contributed by atoms with E-state index in [4.69, 9.17) is 0 Å². The van der Waals surface area contributed by atoms with E-state index in [1.165, 1.54) is 31.0 Å². The second-order valence-corrected chi connectivity index (χ2v) is 5.41. The van der Waals surface area contributed by atoms with Gasteiger partial charge in [-0.05, 0) is 25.0 Å². The maximum atomic E-state index is 13.8. The van der Waals surface area contributed by atoms with Gasteiger partial charge in [0.2, 0.25) is 0 Å². The van der Waals surface area contributed by atoms with Gasteiger partial charge in [-0.25, -0.2) is 8.78 Å². The molecule has 0 atom stereocenters. The Morgan fingerprint density at radius 2 is 1.78 bits per heavy atom. The molecule has 1 heterocycles. The van der Waals surface area contributed by atoms with Crippen LogP contribution in [0.15, 0.2) is 18.2 Å². The van der Waals surface area contributed by atoms with Crippen LogP contribution in [0.5, 0.6) is 0 Å². The van der Waals surface area contributed by atoms with Crippen LogP contribution in [0.2, 0.25) is 0 Å². The zero-order valence-electron chi connectivity index (χ0n) is 10.4. The quantitative estimate of drug-likeness (QED) is 0.826. The zero-order chi connectivity index (χ0) is 12.6. The van der Waals surface area contributed by atoms with Gasteiger partial charge in [0.15, 0.2) is 0 Å². The van der Waals surface area contributed by atoms with Crippen LogP contribution < -0.4 is 10.2 Å². The van der Waals surface area contributed by atoms with E-state index in [1.54, 1.807) is 0 Å². The van der Waals surface area contributed by atoms with Crippen LogP contribution in [-0.4, -0.2) is 25.2 Å². The third-order valence-corrected chi connectivity index (χ3v) is 4.19. The lowest BCUT2D eigenvalue weighted by Gasteiger charge is -2.42. The van der Waals surface area contributed by atoms with Gasteiger partial charge >= 0.3 is 0 Å². The van der Waals surface area contributed by atoms with Crippen LogP contribution in [0.25, 0.3) is 0 Å². The van der Waals surface area contributed by atoms with E-state index >= 15 is 0 Å². The van der Waals surface area contributed by atoms with Crippen LogP contribution in [0.4, 0.5) is 14.5 Å². The summed E-state index contributed by atoms with van der Waals surface area (Å²) in [5, 5.41) is 3.55. The van der Waals surface area contributed by atoms with E-state index in [0.717, 1.165) is 19.4 Å². The van der Waals surface area contributed by atoms with Crippen molar-refractivity contribution in [3.8, 4) is 0 Å². The lowest BCUT2D eigenvalue weighted by Crippen LogP contribution is -2.59. The predicted molar refractivity (Wildman–Crippen MR) is 67.8 cm³/mol. The van der Waals surface area contributed by atoms with Crippen molar-refractivity contribution >= 4 is 5.69 Å². The Labute approximate surface area is 106 Å². The first-order valence-corrected chi connectivity index (χ1v) is 6.64. The Morgan fingerprint density at radius 1 is 1.11 bits per heavy atom. The zero-order valence-corrected chi connectivity index (χ0v) is 10.4. The van der Waals surface area contributed by atoms with Gasteiger partial charge in [-0.2, -0.15) is 0 Å². The average molecular weight is 252 g/mol. The molecule has 1 aromatic carbocycles. The summed E-state index contributed by atoms with van der Waals surface area (Å²) in [6, 6.07) is 4.09. The first-order valence-electron chi connectivity index (χ1n) is 6.64. The summed E-state index contributed by atoms with van der Waals surface area (Å²) in [7, 11) is 0. The van der Waals surface area contributed by atoms with Crippen molar-refractivity contribution < 1.29 is 8.78 Å². The smallest absolute Gasteiger partial charge is 0.149 e. The summed E-state index contributed by atoms with van der Waals surface area (Å²) in [5.74, 6) is -0.907. The van der Waals surface area contributed by atoms with Gasteiger partial charge in [0, 0.05) is 25.2 Å². The summed E-state index contributed by atoms with van der Waals surface area (Å²) >= 11 is 0. The number of hydrogen-bond acceptors (Lipinski definition) is 2. The molecule has 98 valence electrons. The second-order valence-electron chi connectivity index (χ2n) is 5.41. The predicted octanol–water partition coefficient (Wildman–Crippen LogP) is 2.69. The number of benzene rings is 1. The molecule has 0 amide bonds. The fourth-order valence-electron chi connectivity index (χ4n) is 3.32. The Balaban J connectivity index is 1.88. The van der Waals surface area contributed by atoms with Crippen molar-refractivity contribution in [2.75, 3.05) is 24.5 Å². The number of nitrogens with zero attached hydrogens (tertiary/aromatic N) is 1. The first kappa shape index (κ1) is 11.9. The topological polar surface area (TPSA) is 15.3 Å². The minimum atomic E-state index is -0.454. The van der Waals surface area contributed by atoms with Crippen LogP contribution >= 0.6 is 0 Å². The van der Waals surface area contributed by atoms with E-state index in [9.17, 15) is 8.78 Å². The van der Waals surface area contributed by atoms with Gasteiger partial charge in [-0.3, -0.25) is 0 Å². The number of piperazine rings is 1. The van der Waals surface area contributed by atoms with Crippen molar-refractivity contribution in [2.24, 2.45) is 0 Å². The number of nitrogens with one attached hydrogen (secondary N) is 1. The normalized spacial score (nSPS) is 22.7. The molecule has 1 aromatic rings. The van der Waals surface area contributed by atoms with Crippen molar-refractivity contribution in [1.82, 2.24) is 5.32 Å². The number of para-hydroxylation sites is 1. The van der Waals surface area contributed by atoms with E-state index in [0.29, 0.717) is 13.1 Å². The van der Waals surface area contributed by atoms with Crippen molar-refractivity contribution in [1.29, 1.82) is 0 Å². The summed E-state index contributed by atoms with van der Waals surface area (Å²) in [6.07, 6.45) is 4.64. The van der Waals surface area contributed by atoms with E-state index < -0.39 is 11.6 Å². The van der Waals surface area contributed by atoms with Crippen molar-refractivity contribution in [2.45, 2.75) is 31.2 Å². The number of hydrogen-bond donors (Lipinski definition) is 1. The molecule has 0 aromatic heterocycles. The standard InChI is InChI=1S/C14H18F2N2/c15-11-4-3-5-12(16)13(11)18-9-8-17-14(10-18)6-1-2-7-14/h3-5,17H,1-2,6-10H2. The minimum absolute atomic E-state index is 0.0764. The van der Waals surface area contributed by atoms with Gasteiger partial charge in [-0.1, -0.05) is 18.9 Å². The van der Waals surface area contributed by atoms with E-state index in [2.05, 4.69) is 5.32 Å². The fourth-order valence-corrected chi connectivity index (χ4v) is 3.32. The second kappa shape index (κ2) is 4.50. The molecule has 1 aliphatic carbocycles. The highest BCUT2D eigenvalue weighted by atomic mass is 19.1. The molecule has 1 aliphatic heterocycles. The molecule has 1 saturated carbocycles. The molecule has 0 bridgehead atoms. The maximum Gasteiger partial charge on any atom is 0.149 e. The van der Waals surface area contributed by atoms with E-state index in [1.807, 2.05) is 4.90 Å².